The van der Waals surface area contributed by atoms with Crippen LogP contribution in [0.2, 0.25) is 0 Å². The van der Waals surface area contributed by atoms with Crippen molar-refractivity contribution in [3.05, 3.63) is 0 Å². The van der Waals surface area contributed by atoms with Gasteiger partial charge in [-0.1, -0.05) is 0 Å². The highest BCUT2D eigenvalue weighted by Crippen LogP contribution is 2.12. The van der Waals surface area contributed by atoms with Crippen LogP contribution < -0.4 is 10.6 Å². The largest absolute Gasteiger partial charge is 0.405 e. The van der Waals surface area contributed by atoms with Gasteiger partial charge in [0.1, 0.15) is 6.54 Å². The van der Waals surface area contributed by atoms with E-state index in [1.165, 1.54) is 4.90 Å². The maximum Gasteiger partial charge on any atom is 0.405 e. The number of hydrogen-bond donors (Lipinski definition) is 2. The molecule has 1 aliphatic heterocycles. The maximum atomic E-state index is 11.7. The van der Waals surface area contributed by atoms with Crippen LogP contribution in [0.4, 0.5) is 18.0 Å². The van der Waals surface area contributed by atoms with Gasteiger partial charge in [0.2, 0.25) is 0 Å². The second-order valence-electron chi connectivity index (χ2n) is 2.70. The van der Waals surface area contributed by atoms with E-state index in [9.17, 15) is 18.0 Å². The minimum Gasteiger partial charge on any atom is -0.329 e. The molecule has 0 spiro atoms. The SMILES string of the molecule is O=C(NCC(F)(F)F)N1CCNC1. The van der Waals surface area contributed by atoms with E-state index >= 15 is 0 Å². The lowest BCUT2D eigenvalue weighted by Gasteiger charge is -2.16. The molecule has 2 N–H and O–H groups in total. The van der Waals surface area contributed by atoms with Gasteiger partial charge in [-0.3, -0.25) is 5.32 Å². The Balaban J connectivity index is 2.25. The highest BCUT2D eigenvalue weighted by molar-refractivity contribution is 5.74. The molecule has 0 radical (unpaired) electrons. The lowest BCUT2D eigenvalue weighted by molar-refractivity contribution is -0.123. The number of hydrogen-bond acceptors (Lipinski definition) is 2. The second-order valence-corrected chi connectivity index (χ2v) is 2.70. The molecule has 0 aromatic rings. The lowest BCUT2D eigenvalue weighted by atomic mass is 10.6. The zero-order chi connectivity index (χ0) is 9.90. The van der Waals surface area contributed by atoms with Crippen LogP contribution in [0.3, 0.4) is 0 Å². The third-order valence-corrected chi connectivity index (χ3v) is 1.59. The maximum absolute atomic E-state index is 11.7. The molecule has 0 aromatic heterocycles. The predicted molar refractivity (Wildman–Crippen MR) is 39.0 cm³/mol. The van der Waals surface area contributed by atoms with Crippen molar-refractivity contribution in [3.63, 3.8) is 0 Å². The normalized spacial score (nSPS) is 17.6. The van der Waals surface area contributed by atoms with E-state index in [1.54, 1.807) is 5.32 Å². The number of halogens is 3. The first-order chi connectivity index (χ1) is 5.99. The molecule has 0 bridgehead atoms. The van der Waals surface area contributed by atoms with Gasteiger partial charge in [0.05, 0.1) is 6.67 Å². The molecule has 0 aromatic carbocycles. The molecule has 1 aliphatic rings. The molecule has 1 rings (SSSR count). The van der Waals surface area contributed by atoms with Gasteiger partial charge in [-0.15, -0.1) is 0 Å². The molecule has 1 fully saturated rings. The van der Waals surface area contributed by atoms with Gasteiger partial charge in [-0.25, -0.2) is 4.79 Å². The van der Waals surface area contributed by atoms with E-state index in [4.69, 9.17) is 0 Å². The fraction of sp³-hybridized carbons (Fsp3) is 0.833. The topological polar surface area (TPSA) is 44.4 Å². The molecule has 2 amide bonds. The Kier molecular flexibility index (Phi) is 2.97. The van der Waals surface area contributed by atoms with E-state index in [0.29, 0.717) is 19.8 Å². The first kappa shape index (κ1) is 10.1. The number of carbonyl (C=O) groups excluding carboxylic acids is 1. The Morgan fingerprint density at radius 1 is 1.54 bits per heavy atom. The smallest absolute Gasteiger partial charge is 0.329 e. The Hall–Kier alpha value is -0.980. The van der Waals surface area contributed by atoms with Crippen LogP contribution in [0.25, 0.3) is 0 Å². The minimum absolute atomic E-state index is 0.309. The molecule has 0 aliphatic carbocycles. The summed E-state index contributed by atoms with van der Waals surface area (Å²) in [4.78, 5) is 12.3. The fourth-order valence-corrected chi connectivity index (χ4v) is 0.968. The van der Waals surface area contributed by atoms with Crippen molar-refractivity contribution in [1.82, 2.24) is 15.5 Å². The summed E-state index contributed by atoms with van der Waals surface area (Å²) in [6, 6.07) is -0.678. The number of amides is 2. The second kappa shape index (κ2) is 3.82. The highest BCUT2D eigenvalue weighted by Gasteiger charge is 2.29. The number of rotatable bonds is 1. The van der Waals surface area contributed by atoms with Crippen LogP contribution in [-0.4, -0.2) is 43.4 Å². The van der Waals surface area contributed by atoms with Crippen molar-refractivity contribution >= 4 is 6.03 Å². The van der Waals surface area contributed by atoms with Gasteiger partial charge >= 0.3 is 12.2 Å². The van der Waals surface area contributed by atoms with E-state index in [-0.39, 0.29) is 0 Å². The summed E-state index contributed by atoms with van der Waals surface area (Å²) >= 11 is 0. The van der Waals surface area contributed by atoms with Gasteiger partial charge in [-0.2, -0.15) is 13.2 Å². The van der Waals surface area contributed by atoms with Crippen LogP contribution in [0.15, 0.2) is 0 Å². The number of alkyl halides is 3. The molecular weight excluding hydrogens is 187 g/mol. The molecule has 4 nitrogen and oxygen atoms in total. The predicted octanol–water partition coefficient (Wildman–Crippen LogP) is 0.121. The van der Waals surface area contributed by atoms with Gasteiger partial charge in [0, 0.05) is 13.1 Å². The molecule has 7 heteroatoms. The summed E-state index contributed by atoms with van der Waals surface area (Å²) in [7, 11) is 0. The molecule has 0 unspecified atom stereocenters. The molecule has 1 heterocycles. The van der Waals surface area contributed by atoms with Crippen molar-refractivity contribution < 1.29 is 18.0 Å². The third kappa shape index (κ3) is 3.49. The quantitative estimate of drug-likeness (QED) is 0.627. The average molecular weight is 197 g/mol. The Morgan fingerprint density at radius 2 is 2.23 bits per heavy atom. The van der Waals surface area contributed by atoms with Gasteiger partial charge < -0.3 is 10.2 Å². The monoisotopic (exact) mass is 197 g/mol. The molecule has 0 atom stereocenters. The average Bonchev–Trinajstić information content (AvgIpc) is 2.50. The summed E-state index contributed by atoms with van der Waals surface area (Å²) in [5.74, 6) is 0. The zero-order valence-corrected chi connectivity index (χ0v) is 6.82. The van der Waals surface area contributed by atoms with Crippen molar-refractivity contribution in [2.24, 2.45) is 0 Å². The van der Waals surface area contributed by atoms with Crippen LogP contribution in [0.5, 0.6) is 0 Å². The Bertz CT molecular complexity index is 188. The van der Waals surface area contributed by atoms with E-state index in [0.717, 1.165) is 0 Å². The van der Waals surface area contributed by atoms with Gasteiger partial charge in [0.15, 0.2) is 0 Å². The van der Waals surface area contributed by atoms with Crippen LogP contribution in [0, 0.1) is 0 Å². The molecular formula is C6H10F3N3O. The standard InChI is InChI=1S/C6H10F3N3O/c7-6(8,9)3-11-5(13)12-2-1-10-4-12/h10H,1-4H2,(H,11,13). The van der Waals surface area contributed by atoms with E-state index in [1.807, 2.05) is 0 Å². The summed E-state index contributed by atoms with van der Waals surface area (Å²) < 4.78 is 35.0. The molecule has 13 heavy (non-hydrogen) atoms. The Labute approximate surface area is 73.1 Å². The van der Waals surface area contributed by atoms with E-state index in [2.05, 4.69) is 5.32 Å². The third-order valence-electron chi connectivity index (χ3n) is 1.59. The number of nitrogens with one attached hydrogen (secondary N) is 2. The molecule has 0 saturated carbocycles. The van der Waals surface area contributed by atoms with Crippen molar-refractivity contribution in [2.45, 2.75) is 6.18 Å². The molecule has 76 valence electrons. The van der Waals surface area contributed by atoms with Crippen LogP contribution in [0.1, 0.15) is 0 Å². The zero-order valence-electron chi connectivity index (χ0n) is 6.82. The van der Waals surface area contributed by atoms with E-state index < -0.39 is 18.8 Å². The van der Waals surface area contributed by atoms with Crippen molar-refractivity contribution in [3.8, 4) is 0 Å². The number of carbonyl (C=O) groups is 1. The number of nitrogens with zero attached hydrogens (tertiary/aromatic N) is 1. The summed E-state index contributed by atoms with van der Waals surface area (Å²) in [6.07, 6.45) is -4.34. The van der Waals surface area contributed by atoms with Gasteiger partial charge in [0.25, 0.3) is 0 Å². The van der Waals surface area contributed by atoms with Crippen LogP contribution >= 0.6 is 0 Å². The highest BCUT2D eigenvalue weighted by atomic mass is 19.4. The van der Waals surface area contributed by atoms with Crippen molar-refractivity contribution in [1.29, 1.82) is 0 Å². The first-order valence-electron chi connectivity index (χ1n) is 3.79. The first-order valence-corrected chi connectivity index (χ1v) is 3.79. The van der Waals surface area contributed by atoms with Gasteiger partial charge in [-0.05, 0) is 0 Å². The fourth-order valence-electron chi connectivity index (χ4n) is 0.968. The summed E-state index contributed by atoms with van der Waals surface area (Å²) in [5.41, 5.74) is 0. The summed E-state index contributed by atoms with van der Waals surface area (Å²) in [6.45, 7) is 0.106. The lowest BCUT2D eigenvalue weighted by Crippen LogP contribution is -2.43. The molecule has 1 saturated heterocycles. The van der Waals surface area contributed by atoms with Crippen LogP contribution in [-0.2, 0) is 0 Å². The van der Waals surface area contributed by atoms with Crippen molar-refractivity contribution in [2.75, 3.05) is 26.3 Å². The minimum atomic E-state index is -4.34. The Morgan fingerprint density at radius 3 is 2.69 bits per heavy atom. The summed E-state index contributed by atoms with van der Waals surface area (Å²) in [5, 5.41) is 4.62. The number of urea groups is 1.